The summed E-state index contributed by atoms with van der Waals surface area (Å²) < 4.78 is 16.0. The summed E-state index contributed by atoms with van der Waals surface area (Å²) in [6, 6.07) is 54.4. The van der Waals surface area contributed by atoms with E-state index < -0.39 is 0 Å². The molecule has 0 saturated heterocycles. The molecule has 0 aliphatic heterocycles. The summed E-state index contributed by atoms with van der Waals surface area (Å²) in [4.78, 5) is 15.2. The van der Waals surface area contributed by atoms with Gasteiger partial charge in [0.1, 0.15) is 5.82 Å². The molecule has 0 aliphatic carbocycles. The molecule has 0 bridgehead atoms. The summed E-state index contributed by atoms with van der Waals surface area (Å²) in [5, 5.41) is 4.51. The summed E-state index contributed by atoms with van der Waals surface area (Å²) in [6.07, 6.45) is 0. The molecule has 0 aliphatic rings. The smallest absolute Gasteiger partial charge is 0.238 e. The van der Waals surface area contributed by atoms with Crippen molar-refractivity contribution < 1.29 is 4.39 Å². The average molecular weight is 619 g/mol. The third-order valence-electron chi connectivity index (χ3n) is 8.93. The van der Waals surface area contributed by atoms with Gasteiger partial charge in [-0.1, -0.05) is 133 Å². The second-order valence-corrected chi connectivity index (χ2v) is 11.8. The molecular weight excluding hydrogens is 591 g/mol. The summed E-state index contributed by atoms with van der Waals surface area (Å²) in [5.74, 6) is 1.50. The largest absolute Gasteiger partial charge is 0.278 e. The van der Waals surface area contributed by atoms with E-state index in [1.165, 1.54) is 12.1 Å². The maximum Gasteiger partial charge on any atom is 0.238 e. The van der Waals surface area contributed by atoms with Crippen LogP contribution in [-0.4, -0.2) is 19.5 Å². The van der Waals surface area contributed by atoms with Gasteiger partial charge in [0.15, 0.2) is 11.6 Å². The topological polar surface area (TPSA) is 43.6 Å². The molecule has 5 heteroatoms. The molecule has 0 spiro atoms. The minimum absolute atomic E-state index is 0.251. The minimum Gasteiger partial charge on any atom is -0.278 e. The number of benzene rings is 7. The van der Waals surface area contributed by atoms with E-state index in [1.807, 2.05) is 60.7 Å². The molecule has 4 nitrogen and oxygen atoms in total. The maximum atomic E-state index is 13.9. The normalized spacial score (nSPS) is 11.4. The summed E-state index contributed by atoms with van der Waals surface area (Å²) >= 11 is 0. The second kappa shape index (κ2) is 11.4. The van der Waals surface area contributed by atoms with Crippen LogP contribution in [0, 0.1) is 5.82 Å². The highest BCUT2D eigenvalue weighted by Crippen LogP contribution is 2.38. The first-order valence-electron chi connectivity index (χ1n) is 15.9. The number of para-hydroxylation sites is 2. The highest BCUT2D eigenvalue weighted by molar-refractivity contribution is 6.09. The Morgan fingerprint density at radius 1 is 0.417 bits per heavy atom. The Morgan fingerprint density at radius 2 is 0.958 bits per heavy atom. The van der Waals surface area contributed by atoms with Crippen LogP contribution in [0.2, 0.25) is 0 Å². The first kappa shape index (κ1) is 27.8. The van der Waals surface area contributed by atoms with Crippen LogP contribution >= 0.6 is 0 Å². The van der Waals surface area contributed by atoms with Crippen molar-refractivity contribution >= 4 is 32.6 Å². The molecule has 0 N–H and O–H groups in total. The van der Waals surface area contributed by atoms with E-state index in [4.69, 9.17) is 15.0 Å². The molecule has 0 amide bonds. The van der Waals surface area contributed by atoms with Gasteiger partial charge >= 0.3 is 0 Å². The van der Waals surface area contributed by atoms with Crippen molar-refractivity contribution in [3.05, 3.63) is 170 Å². The number of halogens is 1. The summed E-state index contributed by atoms with van der Waals surface area (Å²) in [5.41, 5.74) is 7.99. The predicted molar refractivity (Wildman–Crippen MR) is 193 cm³/mol. The van der Waals surface area contributed by atoms with Gasteiger partial charge in [-0.3, -0.25) is 4.57 Å². The number of hydrogen-bond acceptors (Lipinski definition) is 3. The molecule has 2 heterocycles. The number of aromatic nitrogens is 4. The molecule has 2 aromatic heterocycles. The average Bonchev–Trinajstić information content (AvgIpc) is 3.49. The quantitative estimate of drug-likeness (QED) is 0.193. The number of rotatable bonds is 5. The SMILES string of the molecule is Fc1ccc(-c2cccc3cccc(-c4cccc(-c5nc(-c6ccccc6)nc(-n6c7ccccc7c7ccccc76)n5)c4)c23)cc1. The van der Waals surface area contributed by atoms with Crippen molar-refractivity contribution in [1.82, 2.24) is 19.5 Å². The van der Waals surface area contributed by atoms with Crippen LogP contribution in [0.5, 0.6) is 0 Å². The van der Waals surface area contributed by atoms with Gasteiger partial charge in [0, 0.05) is 21.9 Å². The lowest BCUT2D eigenvalue weighted by molar-refractivity contribution is 0.628. The predicted octanol–water partition coefficient (Wildman–Crippen LogP) is 10.9. The van der Waals surface area contributed by atoms with E-state index in [1.54, 1.807) is 0 Å². The molecule has 0 saturated carbocycles. The summed E-state index contributed by atoms with van der Waals surface area (Å²) in [6.45, 7) is 0. The van der Waals surface area contributed by atoms with Gasteiger partial charge < -0.3 is 0 Å². The first-order valence-corrected chi connectivity index (χ1v) is 15.9. The van der Waals surface area contributed by atoms with Crippen LogP contribution in [-0.2, 0) is 0 Å². The number of hydrogen-bond donors (Lipinski definition) is 0. The van der Waals surface area contributed by atoms with Gasteiger partial charge in [-0.2, -0.15) is 9.97 Å². The maximum absolute atomic E-state index is 13.9. The molecule has 48 heavy (non-hydrogen) atoms. The molecule has 9 rings (SSSR count). The Bertz CT molecular complexity index is 2570. The zero-order valence-electron chi connectivity index (χ0n) is 25.8. The Morgan fingerprint density at radius 3 is 1.65 bits per heavy atom. The molecular formula is C43H27FN4. The van der Waals surface area contributed by atoms with Crippen molar-refractivity contribution in [3.8, 4) is 51.0 Å². The molecule has 9 aromatic rings. The Kier molecular flexibility index (Phi) is 6.61. The van der Waals surface area contributed by atoms with Gasteiger partial charge in [0.05, 0.1) is 11.0 Å². The van der Waals surface area contributed by atoms with Crippen molar-refractivity contribution in [2.75, 3.05) is 0 Å². The lowest BCUT2D eigenvalue weighted by atomic mass is 9.91. The van der Waals surface area contributed by atoms with Gasteiger partial charge in [-0.05, 0) is 63.4 Å². The lowest BCUT2D eigenvalue weighted by Crippen LogP contribution is -2.06. The second-order valence-electron chi connectivity index (χ2n) is 11.8. The number of fused-ring (bicyclic) bond motifs is 4. The Balaban J connectivity index is 1.26. The number of nitrogens with zero attached hydrogens (tertiary/aromatic N) is 4. The van der Waals surface area contributed by atoms with Crippen LogP contribution in [0.3, 0.4) is 0 Å². The van der Waals surface area contributed by atoms with Gasteiger partial charge in [0.2, 0.25) is 5.95 Å². The molecule has 226 valence electrons. The third-order valence-corrected chi connectivity index (χ3v) is 8.93. The fourth-order valence-electron chi connectivity index (χ4n) is 6.73. The van der Waals surface area contributed by atoms with Crippen LogP contribution in [0.4, 0.5) is 4.39 Å². The minimum atomic E-state index is -0.251. The van der Waals surface area contributed by atoms with Crippen LogP contribution in [0.15, 0.2) is 164 Å². The lowest BCUT2D eigenvalue weighted by Gasteiger charge is -2.14. The molecule has 0 atom stereocenters. The Labute approximate surface area is 276 Å². The van der Waals surface area contributed by atoms with Crippen LogP contribution in [0.1, 0.15) is 0 Å². The highest BCUT2D eigenvalue weighted by atomic mass is 19.1. The molecule has 0 radical (unpaired) electrons. The van der Waals surface area contributed by atoms with E-state index in [2.05, 4.69) is 95.6 Å². The third kappa shape index (κ3) is 4.72. The van der Waals surface area contributed by atoms with Crippen molar-refractivity contribution in [2.45, 2.75) is 0 Å². The molecule has 0 fully saturated rings. The highest BCUT2D eigenvalue weighted by Gasteiger charge is 2.18. The molecule has 0 unspecified atom stereocenters. The van der Waals surface area contributed by atoms with E-state index in [-0.39, 0.29) is 5.82 Å². The summed E-state index contributed by atoms with van der Waals surface area (Å²) in [7, 11) is 0. The van der Waals surface area contributed by atoms with Crippen molar-refractivity contribution in [1.29, 1.82) is 0 Å². The zero-order valence-corrected chi connectivity index (χ0v) is 25.8. The van der Waals surface area contributed by atoms with Crippen molar-refractivity contribution in [3.63, 3.8) is 0 Å². The van der Waals surface area contributed by atoms with E-state index in [0.717, 1.165) is 66.0 Å². The van der Waals surface area contributed by atoms with Crippen molar-refractivity contribution in [2.24, 2.45) is 0 Å². The zero-order chi connectivity index (χ0) is 32.0. The van der Waals surface area contributed by atoms with E-state index in [9.17, 15) is 4.39 Å². The van der Waals surface area contributed by atoms with Gasteiger partial charge in [0.25, 0.3) is 0 Å². The molecule has 7 aromatic carbocycles. The monoisotopic (exact) mass is 618 g/mol. The van der Waals surface area contributed by atoms with Gasteiger partial charge in [-0.15, -0.1) is 0 Å². The fraction of sp³-hybridized carbons (Fsp3) is 0. The van der Waals surface area contributed by atoms with Crippen LogP contribution in [0.25, 0.3) is 83.6 Å². The van der Waals surface area contributed by atoms with Crippen LogP contribution < -0.4 is 0 Å². The first-order chi connectivity index (χ1) is 23.7. The standard InChI is InChI=1S/C43H27FN4/c44-33-25-23-28(24-26-33)34-19-9-13-29-14-10-20-35(40(29)34)31-15-8-16-32(27-31)42-45-41(30-11-2-1-3-12-30)46-43(47-42)48-38-21-6-4-17-36(38)37-18-5-7-22-39(37)48/h1-27H. The van der Waals surface area contributed by atoms with Gasteiger partial charge in [-0.25, -0.2) is 9.37 Å². The van der Waals surface area contributed by atoms with E-state index >= 15 is 0 Å². The van der Waals surface area contributed by atoms with E-state index in [0.29, 0.717) is 17.6 Å². The fourth-order valence-corrected chi connectivity index (χ4v) is 6.73. The Hall–Kier alpha value is -6.46.